The lowest BCUT2D eigenvalue weighted by molar-refractivity contribution is 0.414. The topological polar surface area (TPSA) is 86.1 Å². The quantitative estimate of drug-likeness (QED) is 0.697. The fourth-order valence-electron chi connectivity index (χ4n) is 2.27. The van der Waals surface area contributed by atoms with E-state index < -0.39 is 10.0 Å². The third-order valence-electron chi connectivity index (χ3n) is 3.57. The van der Waals surface area contributed by atoms with E-state index in [0.29, 0.717) is 12.3 Å². The summed E-state index contributed by atoms with van der Waals surface area (Å²) in [5.74, 6) is 0.609. The minimum Gasteiger partial charge on any atom is -0.497 e. The molecular weight excluding hydrogens is 340 g/mol. The molecule has 3 rings (SSSR count). The number of methoxy groups -OCH3 is 1. The van der Waals surface area contributed by atoms with E-state index in [2.05, 4.69) is 14.8 Å². The molecule has 2 aromatic heterocycles. The maximum Gasteiger partial charge on any atom is 0.240 e. The monoisotopic (exact) mass is 358 g/mol. The molecule has 0 fully saturated rings. The first-order valence-electron chi connectivity index (χ1n) is 7.67. The molecule has 0 unspecified atom stereocenters. The maximum absolute atomic E-state index is 12.3. The summed E-state index contributed by atoms with van der Waals surface area (Å²) in [6.45, 7) is 0.653. The Morgan fingerprint density at radius 2 is 1.88 bits per heavy atom. The number of rotatable bonds is 7. The molecule has 2 heterocycles. The van der Waals surface area contributed by atoms with E-state index in [1.54, 1.807) is 29.2 Å². The highest BCUT2D eigenvalue weighted by Crippen LogP contribution is 2.15. The van der Waals surface area contributed by atoms with Crippen molar-refractivity contribution in [2.75, 3.05) is 13.7 Å². The molecule has 3 aromatic rings. The highest BCUT2D eigenvalue weighted by molar-refractivity contribution is 7.89. The lowest BCUT2D eigenvalue weighted by Crippen LogP contribution is -2.27. The molecule has 7 nitrogen and oxygen atoms in total. The third kappa shape index (κ3) is 4.23. The lowest BCUT2D eigenvalue weighted by Gasteiger charge is -2.07. The van der Waals surface area contributed by atoms with Crippen molar-refractivity contribution >= 4 is 10.0 Å². The van der Waals surface area contributed by atoms with E-state index in [1.165, 1.54) is 19.2 Å². The molecule has 0 aliphatic rings. The summed E-state index contributed by atoms with van der Waals surface area (Å²) in [6.07, 6.45) is 3.50. The third-order valence-corrected chi connectivity index (χ3v) is 5.05. The summed E-state index contributed by atoms with van der Waals surface area (Å²) in [5, 5.41) is 4.40. The number of pyridine rings is 1. The average Bonchev–Trinajstić information content (AvgIpc) is 3.11. The summed E-state index contributed by atoms with van der Waals surface area (Å²) in [7, 11) is -2.03. The Morgan fingerprint density at radius 1 is 1.08 bits per heavy atom. The summed E-state index contributed by atoms with van der Waals surface area (Å²) in [4.78, 5) is 4.44. The second-order valence-corrected chi connectivity index (χ2v) is 7.02. The predicted molar refractivity (Wildman–Crippen MR) is 93.6 cm³/mol. The molecule has 0 bridgehead atoms. The Kier molecular flexibility index (Phi) is 5.11. The molecule has 0 aliphatic heterocycles. The van der Waals surface area contributed by atoms with Gasteiger partial charge in [0.15, 0.2) is 0 Å². The van der Waals surface area contributed by atoms with E-state index >= 15 is 0 Å². The van der Waals surface area contributed by atoms with Gasteiger partial charge in [-0.15, -0.1) is 0 Å². The number of benzene rings is 1. The number of nitrogens with zero attached hydrogens (tertiary/aromatic N) is 3. The Balaban J connectivity index is 1.59. The van der Waals surface area contributed by atoms with Gasteiger partial charge in [-0.05, 0) is 42.5 Å². The van der Waals surface area contributed by atoms with Crippen molar-refractivity contribution < 1.29 is 13.2 Å². The predicted octanol–water partition coefficient (Wildman–Crippen LogP) is 1.93. The first-order chi connectivity index (χ1) is 12.1. The number of sulfonamides is 1. The van der Waals surface area contributed by atoms with Crippen LogP contribution in [0.25, 0.3) is 11.4 Å². The van der Waals surface area contributed by atoms with Crippen LogP contribution >= 0.6 is 0 Å². The molecule has 1 aromatic carbocycles. The normalized spacial score (nSPS) is 11.4. The lowest BCUT2D eigenvalue weighted by atomic mass is 10.3. The van der Waals surface area contributed by atoms with Crippen LogP contribution in [0.2, 0.25) is 0 Å². The van der Waals surface area contributed by atoms with E-state index in [4.69, 9.17) is 4.74 Å². The van der Waals surface area contributed by atoms with Crippen LogP contribution in [0.3, 0.4) is 0 Å². The summed E-state index contributed by atoms with van der Waals surface area (Å²) in [6, 6.07) is 13.7. The van der Waals surface area contributed by atoms with Crippen molar-refractivity contribution in [1.82, 2.24) is 19.5 Å². The Bertz CT molecular complexity index is 922. The van der Waals surface area contributed by atoms with Gasteiger partial charge in [-0.2, -0.15) is 5.10 Å². The van der Waals surface area contributed by atoms with Crippen LogP contribution in [0.5, 0.6) is 5.75 Å². The zero-order valence-corrected chi connectivity index (χ0v) is 14.5. The first-order valence-corrected chi connectivity index (χ1v) is 9.15. The van der Waals surface area contributed by atoms with Crippen molar-refractivity contribution in [2.24, 2.45) is 0 Å². The van der Waals surface area contributed by atoms with Gasteiger partial charge in [-0.25, -0.2) is 13.1 Å². The SMILES string of the molecule is COc1ccc(S(=O)(=O)NCCn2ccc(-c3ccccn3)n2)cc1. The number of aromatic nitrogens is 3. The van der Waals surface area contributed by atoms with Gasteiger partial charge >= 0.3 is 0 Å². The van der Waals surface area contributed by atoms with E-state index in [1.807, 2.05) is 24.3 Å². The highest BCUT2D eigenvalue weighted by Gasteiger charge is 2.13. The molecule has 0 amide bonds. The zero-order valence-electron chi connectivity index (χ0n) is 13.7. The Labute approximate surface area is 146 Å². The van der Waals surface area contributed by atoms with Crippen molar-refractivity contribution in [1.29, 1.82) is 0 Å². The Morgan fingerprint density at radius 3 is 2.56 bits per heavy atom. The molecule has 130 valence electrons. The van der Waals surface area contributed by atoms with Gasteiger partial charge in [0.05, 0.1) is 24.2 Å². The number of ether oxygens (including phenoxy) is 1. The second-order valence-electron chi connectivity index (χ2n) is 5.25. The number of hydrogen-bond donors (Lipinski definition) is 1. The van der Waals surface area contributed by atoms with Crippen LogP contribution < -0.4 is 9.46 Å². The van der Waals surface area contributed by atoms with Crippen LogP contribution in [0.4, 0.5) is 0 Å². The molecule has 0 saturated heterocycles. The summed E-state index contributed by atoms with van der Waals surface area (Å²) in [5.41, 5.74) is 1.53. The van der Waals surface area contributed by atoms with Crippen molar-refractivity contribution in [2.45, 2.75) is 11.4 Å². The zero-order chi connectivity index (χ0) is 17.7. The van der Waals surface area contributed by atoms with Gasteiger partial charge < -0.3 is 4.74 Å². The van der Waals surface area contributed by atoms with Gasteiger partial charge in [0.25, 0.3) is 0 Å². The van der Waals surface area contributed by atoms with Gasteiger partial charge in [0.2, 0.25) is 10.0 Å². The van der Waals surface area contributed by atoms with E-state index in [-0.39, 0.29) is 11.4 Å². The van der Waals surface area contributed by atoms with Gasteiger partial charge in [-0.3, -0.25) is 9.67 Å². The minimum atomic E-state index is -3.56. The fraction of sp³-hybridized carbons (Fsp3) is 0.176. The highest BCUT2D eigenvalue weighted by atomic mass is 32.2. The maximum atomic E-state index is 12.3. The summed E-state index contributed by atoms with van der Waals surface area (Å²) >= 11 is 0. The average molecular weight is 358 g/mol. The number of hydrogen-bond acceptors (Lipinski definition) is 5. The van der Waals surface area contributed by atoms with Crippen LogP contribution in [-0.2, 0) is 16.6 Å². The van der Waals surface area contributed by atoms with E-state index in [9.17, 15) is 8.42 Å². The van der Waals surface area contributed by atoms with Crippen molar-refractivity contribution in [3.63, 3.8) is 0 Å². The second kappa shape index (κ2) is 7.45. The molecule has 0 aliphatic carbocycles. The van der Waals surface area contributed by atoms with Crippen LogP contribution in [-0.4, -0.2) is 36.8 Å². The smallest absolute Gasteiger partial charge is 0.240 e. The number of nitrogens with one attached hydrogen (secondary N) is 1. The van der Waals surface area contributed by atoms with Crippen LogP contribution in [0, 0.1) is 0 Å². The van der Waals surface area contributed by atoms with Crippen LogP contribution in [0.1, 0.15) is 0 Å². The van der Waals surface area contributed by atoms with Gasteiger partial charge in [0, 0.05) is 18.9 Å². The van der Waals surface area contributed by atoms with Crippen LogP contribution in [0.15, 0.2) is 65.8 Å². The molecule has 0 atom stereocenters. The molecule has 1 N–H and O–H groups in total. The molecule has 0 saturated carbocycles. The van der Waals surface area contributed by atoms with Crippen molar-refractivity contribution in [3.8, 4) is 17.1 Å². The van der Waals surface area contributed by atoms with E-state index in [0.717, 1.165) is 11.4 Å². The van der Waals surface area contributed by atoms with Gasteiger partial charge in [0.1, 0.15) is 11.4 Å². The first kappa shape index (κ1) is 17.1. The molecule has 0 spiro atoms. The summed E-state index contributed by atoms with van der Waals surface area (Å²) < 4.78 is 33.8. The molecule has 25 heavy (non-hydrogen) atoms. The molecular formula is C17H18N4O3S. The largest absolute Gasteiger partial charge is 0.497 e. The van der Waals surface area contributed by atoms with Gasteiger partial charge in [-0.1, -0.05) is 6.07 Å². The fourth-order valence-corrected chi connectivity index (χ4v) is 3.29. The Hall–Kier alpha value is -2.71. The van der Waals surface area contributed by atoms with Crippen molar-refractivity contribution in [3.05, 3.63) is 60.9 Å². The standard InChI is InChI=1S/C17H18N4O3S/c1-24-14-5-7-15(8-6-14)25(22,23)19-11-13-21-12-9-17(20-21)16-4-2-3-10-18-16/h2-10,12,19H,11,13H2,1H3. The molecule has 8 heteroatoms. The molecule has 0 radical (unpaired) electrons. The minimum absolute atomic E-state index is 0.197.